The third-order valence-electron chi connectivity index (χ3n) is 3.42. The summed E-state index contributed by atoms with van der Waals surface area (Å²) in [5.41, 5.74) is -0.0758. The summed E-state index contributed by atoms with van der Waals surface area (Å²) in [5.74, 6) is -0.215. The highest BCUT2D eigenvalue weighted by Crippen LogP contribution is 2.41. The molecule has 2 rings (SSSR count). The van der Waals surface area contributed by atoms with E-state index < -0.39 is 0 Å². The van der Waals surface area contributed by atoms with Crippen LogP contribution >= 0.6 is 0 Å². The van der Waals surface area contributed by atoms with E-state index in [9.17, 15) is 9.59 Å². The molecule has 1 N–H and O–H groups in total. The van der Waals surface area contributed by atoms with Crippen molar-refractivity contribution < 1.29 is 9.59 Å². The average molecular weight is 196 g/mol. The Labute approximate surface area is 83.6 Å². The Morgan fingerprint density at radius 3 is 2.36 bits per heavy atom. The summed E-state index contributed by atoms with van der Waals surface area (Å²) in [6.45, 7) is 3.01. The molecule has 2 aliphatic rings. The van der Waals surface area contributed by atoms with Crippen LogP contribution in [-0.2, 0) is 9.59 Å². The van der Waals surface area contributed by atoms with Gasteiger partial charge in [0.25, 0.3) is 0 Å². The Kier molecular flexibility index (Phi) is 2.10. The Morgan fingerprint density at radius 2 is 1.93 bits per heavy atom. The van der Waals surface area contributed by atoms with E-state index in [4.69, 9.17) is 0 Å². The third-order valence-corrected chi connectivity index (χ3v) is 3.42. The van der Waals surface area contributed by atoms with Crippen LogP contribution in [0.1, 0.15) is 26.2 Å². The lowest BCUT2D eigenvalue weighted by Gasteiger charge is -2.31. The van der Waals surface area contributed by atoms with Crippen LogP contribution in [0.5, 0.6) is 0 Å². The molecule has 4 nitrogen and oxygen atoms in total. The minimum atomic E-state index is -0.108. The van der Waals surface area contributed by atoms with Gasteiger partial charge >= 0.3 is 0 Å². The van der Waals surface area contributed by atoms with Gasteiger partial charge in [0.05, 0.1) is 0 Å². The molecule has 0 aromatic rings. The molecule has 14 heavy (non-hydrogen) atoms. The van der Waals surface area contributed by atoms with Crippen molar-refractivity contribution in [1.29, 1.82) is 0 Å². The molecular weight excluding hydrogens is 180 g/mol. The van der Waals surface area contributed by atoms with Gasteiger partial charge in [-0.3, -0.25) is 14.9 Å². The summed E-state index contributed by atoms with van der Waals surface area (Å²) in [6, 6.07) is 0.480. The van der Waals surface area contributed by atoms with Crippen LogP contribution in [0.15, 0.2) is 0 Å². The van der Waals surface area contributed by atoms with Gasteiger partial charge in [0.2, 0.25) is 11.8 Å². The number of nitrogens with zero attached hydrogens (tertiary/aromatic N) is 1. The lowest BCUT2D eigenvalue weighted by atomic mass is 9.76. The number of nitrogens with one attached hydrogen (secondary N) is 1. The molecular formula is C10H16N2O2. The van der Waals surface area contributed by atoms with E-state index in [-0.39, 0.29) is 17.2 Å². The number of carbonyl (C=O) groups is 2. The maximum atomic E-state index is 11.3. The second kappa shape index (κ2) is 3.05. The number of piperidine rings is 1. The summed E-state index contributed by atoms with van der Waals surface area (Å²) >= 11 is 0. The zero-order chi connectivity index (χ0) is 10.3. The first-order valence-electron chi connectivity index (χ1n) is 5.04. The molecule has 1 atom stereocenters. The van der Waals surface area contributed by atoms with Gasteiger partial charge in [-0.05, 0) is 20.4 Å². The molecule has 2 heterocycles. The molecule has 0 aliphatic carbocycles. The molecule has 78 valence electrons. The standard InChI is InChI=1S/C10H16N2O2/c1-7-3-10(6-12(7)2)4-8(13)11-9(14)5-10/h7H,3-6H2,1-2H3,(H,11,13,14). The first kappa shape index (κ1) is 9.65. The van der Waals surface area contributed by atoms with E-state index in [1.54, 1.807) is 0 Å². The average Bonchev–Trinajstić information content (AvgIpc) is 2.23. The van der Waals surface area contributed by atoms with E-state index in [1.165, 1.54) is 0 Å². The third kappa shape index (κ3) is 1.54. The van der Waals surface area contributed by atoms with Crippen molar-refractivity contribution in [2.45, 2.75) is 32.2 Å². The van der Waals surface area contributed by atoms with Crippen LogP contribution in [0.25, 0.3) is 0 Å². The molecule has 0 aromatic carbocycles. The van der Waals surface area contributed by atoms with Crippen molar-refractivity contribution in [2.75, 3.05) is 13.6 Å². The van der Waals surface area contributed by atoms with Gasteiger partial charge in [-0.2, -0.15) is 0 Å². The Bertz CT molecular complexity index is 260. The highest BCUT2D eigenvalue weighted by atomic mass is 16.2. The van der Waals surface area contributed by atoms with Gasteiger partial charge in [-0.1, -0.05) is 0 Å². The Balaban J connectivity index is 2.16. The highest BCUT2D eigenvalue weighted by molar-refractivity contribution is 5.98. The molecule has 1 spiro atoms. The minimum absolute atomic E-state index is 0.0758. The summed E-state index contributed by atoms with van der Waals surface area (Å²) in [6.07, 6.45) is 1.98. The number of carbonyl (C=O) groups excluding carboxylic acids is 2. The number of likely N-dealkylation sites (tertiary alicyclic amines) is 1. The number of imide groups is 1. The van der Waals surface area contributed by atoms with E-state index in [0.29, 0.717) is 18.9 Å². The van der Waals surface area contributed by atoms with Crippen molar-refractivity contribution in [3.05, 3.63) is 0 Å². The van der Waals surface area contributed by atoms with Crippen molar-refractivity contribution in [3.8, 4) is 0 Å². The van der Waals surface area contributed by atoms with Crippen molar-refractivity contribution in [2.24, 2.45) is 5.41 Å². The predicted octanol–water partition coefficient (Wildman–Crippen LogP) is 0.133. The van der Waals surface area contributed by atoms with Crippen molar-refractivity contribution in [1.82, 2.24) is 10.2 Å². The smallest absolute Gasteiger partial charge is 0.227 e. The van der Waals surface area contributed by atoms with Crippen LogP contribution in [0.2, 0.25) is 0 Å². The molecule has 2 fully saturated rings. The molecule has 2 saturated heterocycles. The number of hydrogen-bond acceptors (Lipinski definition) is 3. The summed E-state index contributed by atoms with van der Waals surface area (Å²) < 4.78 is 0. The van der Waals surface area contributed by atoms with E-state index in [2.05, 4.69) is 24.2 Å². The van der Waals surface area contributed by atoms with Gasteiger partial charge < -0.3 is 4.90 Å². The molecule has 0 bridgehead atoms. The second-order valence-corrected chi connectivity index (χ2v) is 4.79. The predicted molar refractivity (Wildman–Crippen MR) is 51.5 cm³/mol. The second-order valence-electron chi connectivity index (χ2n) is 4.79. The largest absolute Gasteiger partial charge is 0.303 e. The normalized spacial score (nSPS) is 32.3. The fraction of sp³-hybridized carbons (Fsp3) is 0.800. The van der Waals surface area contributed by atoms with E-state index in [1.807, 2.05) is 0 Å². The molecule has 1 unspecified atom stereocenters. The van der Waals surface area contributed by atoms with Gasteiger partial charge in [0, 0.05) is 30.8 Å². The van der Waals surface area contributed by atoms with Gasteiger partial charge in [0.1, 0.15) is 0 Å². The van der Waals surface area contributed by atoms with Crippen LogP contribution in [0.3, 0.4) is 0 Å². The molecule has 4 heteroatoms. The van der Waals surface area contributed by atoms with Crippen molar-refractivity contribution in [3.63, 3.8) is 0 Å². The maximum absolute atomic E-state index is 11.3. The summed E-state index contributed by atoms with van der Waals surface area (Å²) in [4.78, 5) is 24.8. The van der Waals surface area contributed by atoms with Crippen LogP contribution in [-0.4, -0.2) is 36.3 Å². The number of rotatable bonds is 0. The van der Waals surface area contributed by atoms with Crippen LogP contribution in [0.4, 0.5) is 0 Å². The number of amides is 2. The highest BCUT2D eigenvalue weighted by Gasteiger charge is 2.46. The van der Waals surface area contributed by atoms with Gasteiger partial charge in [-0.25, -0.2) is 0 Å². The van der Waals surface area contributed by atoms with Crippen LogP contribution in [0, 0.1) is 5.41 Å². The Hall–Kier alpha value is -0.900. The summed E-state index contributed by atoms with van der Waals surface area (Å²) in [7, 11) is 2.05. The number of hydrogen-bond donors (Lipinski definition) is 1. The van der Waals surface area contributed by atoms with E-state index in [0.717, 1.165) is 13.0 Å². The fourth-order valence-electron chi connectivity index (χ4n) is 2.78. The first-order chi connectivity index (χ1) is 6.51. The quantitative estimate of drug-likeness (QED) is 0.560. The zero-order valence-corrected chi connectivity index (χ0v) is 8.67. The Morgan fingerprint density at radius 1 is 1.36 bits per heavy atom. The lowest BCUT2D eigenvalue weighted by Crippen LogP contribution is -2.45. The molecule has 2 aliphatic heterocycles. The molecule has 2 amide bonds. The molecule has 0 radical (unpaired) electrons. The monoisotopic (exact) mass is 196 g/mol. The van der Waals surface area contributed by atoms with Crippen LogP contribution < -0.4 is 5.32 Å². The maximum Gasteiger partial charge on any atom is 0.227 e. The van der Waals surface area contributed by atoms with E-state index >= 15 is 0 Å². The minimum Gasteiger partial charge on any atom is -0.303 e. The SMILES string of the molecule is CC1CC2(CC(=O)NC(=O)C2)CN1C. The zero-order valence-electron chi connectivity index (χ0n) is 8.67. The topological polar surface area (TPSA) is 49.4 Å². The fourth-order valence-corrected chi connectivity index (χ4v) is 2.78. The van der Waals surface area contributed by atoms with Crippen molar-refractivity contribution >= 4 is 11.8 Å². The molecule has 0 aromatic heterocycles. The van der Waals surface area contributed by atoms with Gasteiger partial charge in [0.15, 0.2) is 0 Å². The lowest BCUT2D eigenvalue weighted by molar-refractivity contribution is -0.137. The first-order valence-corrected chi connectivity index (χ1v) is 5.04. The molecule has 0 saturated carbocycles. The van der Waals surface area contributed by atoms with Gasteiger partial charge in [-0.15, -0.1) is 0 Å². The summed E-state index contributed by atoms with van der Waals surface area (Å²) in [5, 5.41) is 2.36.